The standard InChI is InChI=1S/C12H15BrN2O2/c13-10-3-1-2-4-11(10)15-12(16)7-9-8-14-5-6-17-9/h1-4,9,14H,5-8H2,(H,15,16). The number of carbonyl (C=O) groups is 1. The third kappa shape index (κ3) is 3.80. The summed E-state index contributed by atoms with van der Waals surface area (Å²) in [7, 11) is 0. The van der Waals surface area contributed by atoms with Crippen molar-refractivity contribution in [1.29, 1.82) is 0 Å². The van der Waals surface area contributed by atoms with Gasteiger partial charge < -0.3 is 15.4 Å². The molecule has 0 spiro atoms. The monoisotopic (exact) mass is 298 g/mol. The summed E-state index contributed by atoms with van der Waals surface area (Å²) in [5.74, 6) is -0.0226. The van der Waals surface area contributed by atoms with Gasteiger partial charge in [0, 0.05) is 17.6 Å². The lowest BCUT2D eigenvalue weighted by atomic mass is 10.2. The van der Waals surface area contributed by atoms with Crippen molar-refractivity contribution < 1.29 is 9.53 Å². The van der Waals surface area contributed by atoms with Gasteiger partial charge in [0.15, 0.2) is 0 Å². The summed E-state index contributed by atoms with van der Waals surface area (Å²) in [6, 6.07) is 7.56. The Morgan fingerprint density at radius 1 is 1.53 bits per heavy atom. The van der Waals surface area contributed by atoms with Gasteiger partial charge >= 0.3 is 0 Å². The van der Waals surface area contributed by atoms with Crippen LogP contribution in [0.2, 0.25) is 0 Å². The maximum Gasteiger partial charge on any atom is 0.227 e. The molecule has 0 saturated carbocycles. The van der Waals surface area contributed by atoms with E-state index in [1.165, 1.54) is 0 Å². The van der Waals surface area contributed by atoms with E-state index in [9.17, 15) is 4.79 Å². The number of hydrogen-bond donors (Lipinski definition) is 2. The first kappa shape index (κ1) is 12.5. The van der Waals surface area contributed by atoms with Gasteiger partial charge in [0.05, 0.1) is 24.8 Å². The van der Waals surface area contributed by atoms with Crippen LogP contribution < -0.4 is 10.6 Å². The lowest BCUT2D eigenvalue weighted by molar-refractivity contribution is -0.119. The molecule has 5 heteroatoms. The average Bonchev–Trinajstić information content (AvgIpc) is 2.33. The third-order valence-electron chi connectivity index (χ3n) is 2.57. The molecule has 17 heavy (non-hydrogen) atoms. The fourth-order valence-corrected chi connectivity index (χ4v) is 2.11. The van der Waals surface area contributed by atoms with Crippen LogP contribution in [0.5, 0.6) is 0 Å². The van der Waals surface area contributed by atoms with Crippen molar-refractivity contribution in [2.45, 2.75) is 12.5 Å². The molecule has 1 aromatic carbocycles. The number of hydrogen-bond acceptors (Lipinski definition) is 3. The summed E-state index contributed by atoms with van der Waals surface area (Å²) >= 11 is 3.39. The quantitative estimate of drug-likeness (QED) is 0.894. The summed E-state index contributed by atoms with van der Waals surface area (Å²) in [5, 5.41) is 6.07. The number of ether oxygens (including phenoxy) is 1. The van der Waals surface area contributed by atoms with Gasteiger partial charge in [-0.2, -0.15) is 0 Å². The number of para-hydroxylation sites is 1. The Labute approximate surface area is 109 Å². The SMILES string of the molecule is O=C(CC1CNCCO1)Nc1ccccc1Br. The highest BCUT2D eigenvalue weighted by Crippen LogP contribution is 2.21. The molecule has 1 heterocycles. The molecule has 4 nitrogen and oxygen atoms in total. The predicted molar refractivity (Wildman–Crippen MR) is 70.0 cm³/mol. The normalized spacial score (nSPS) is 19.9. The largest absolute Gasteiger partial charge is 0.375 e. The average molecular weight is 299 g/mol. The minimum absolute atomic E-state index is 0.0220. The molecule has 0 bridgehead atoms. The van der Waals surface area contributed by atoms with Crippen molar-refractivity contribution in [2.24, 2.45) is 0 Å². The number of morpholine rings is 1. The smallest absolute Gasteiger partial charge is 0.227 e. The van der Waals surface area contributed by atoms with Gasteiger partial charge in [0.2, 0.25) is 5.91 Å². The van der Waals surface area contributed by atoms with Crippen LogP contribution in [0.3, 0.4) is 0 Å². The van der Waals surface area contributed by atoms with Crippen LogP contribution in [0, 0.1) is 0 Å². The van der Waals surface area contributed by atoms with Crippen LogP contribution in [0.1, 0.15) is 6.42 Å². The van der Waals surface area contributed by atoms with Crippen LogP contribution in [-0.2, 0) is 9.53 Å². The van der Waals surface area contributed by atoms with E-state index in [0.29, 0.717) is 13.0 Å². The lowest BCUT2D eigenvalue weighted by Gasteiger charge is -2.23. The second kappa shape index (κ2) is 6.14. The van der Waals surface area contributed by atoms with E-state index in [1.807, 2.05) is 24.3 Å². The van der Waals surface area contributed by atoms with Crippen molar-refractivity contribution in [3.8, 4) is 0 Å². The summed E-state index contributed by atoms with van der Waals surface area (Å²) in [6.07, 6.45) is 0.361. The Morgan fingerprint density at radius 3 is 3.06 bits per heavy atom. The Morgan fingerprint density at radius 2 is 2.35 bits per heavy atom. The van der Waals surface area contributed by atoms with E-state index in [-0.39, 0.29) is 12.0 Å². The van der Waals surface area contributed by atoms with Crippen molar-refractivity contribution in [3.63, 3.8) is 0 Å². The second-order valence-electron chi connectivity index (χ2n) is 3.93. The Kier molecular flexibility index (Phi) is 4.53. The Balaban J connectivity index is 1.86. The zero-order valence-electron chi connectivity index (χ0n) is 9.41. The molecule has 1 amide bonds. The van der Waals surface area contributed by atoms with Gasteiger partial charge in [-0.1, -0.05) is 12.1 Å². The maximum atomic E-state index is 11.8. The van der Waals surface area contributed by atoms with Gasteiger partial charge in [-0.05, 0) is 28.1 Å². The number of amides is 1. The first-order chi connectivity index (χ1) is 8.25. The van der Waals surface area contributed by atoms with Gasteiger partial charge in [-0.3, -0.25) is 4.79 Å². The lowest BCUT2D eigenvalue weighted by Crippen LogP contribution is -2.40. The fraction of sp³-hybridized carbons (Fsp3) is 0.417. The van der Waals surface area contributed by atoms with E-state index in [1.54, 1.807) is 0 Å². The number of anilines is 1. The molecule has 2 rings (SSSR count). The highest BCUT2D eigenvalue weighted by atomic mass is 79.9. The summed E-state index contributed by atoms with van der Waals surface area (Å²) in [4.78, 5) is 11.8. The maximum absolute atomic E-state index is 11.8. The number of carbonyl (C=O) groups excluding carboxylic acids is 1. The fourth-order valence-electron chi connectivity index (χ4n) is 1.72. The van der Waals surface area contributed by atoms with Gasteiger partial charge in [0.25, 0.3) is 0 Å². The molecule has 0 aliphatic carbocycles. The van der Waals surface area contributed by atoms with Crippen molar-refractivity contribution in [2.75, 3.05) is 25.0 Å². The molecule has 1 aliphatic rings. The topological polar surface area (TPSA) is 50.4 Å². The summed E-state index contributed by atoms with van der Waals surface area (Å²) in [6.45, 7) is 2.28. The first-order valence-electron chi connectivity index (χ1n) is 5.62. The van der Waals surface area contributed by atoms with Crippen LogP contribution in [0.15, 0.2) is 28.7 Å². The van der Waals surface area contributed by atoms with Gasteiger partial charge in [-0.15, -0.1) is 0 Å². The van der Waals surface area contributed by atoms with Crippen molar-refractivity contribution in [1.82, 2.24) is 5.32 Å². The number of nitrogens with one attached hydrogen (secondary N) is 2. The van der Waals surface area contributed by atoms with Gasteiger partial charge in [-0.25, -0.2) is 0 Å². The third-order valence-corrected chi connectivity index (χ3v) is 3.26. The van der Waals surface area contributed by atoms with Crippen LogP contribution in [-0.4, -0.2) is 31.7 Å². The molecule has 1 aliphatic heterocycles. The highest BCUT2D eigenvalue weighted by Gasteiger charge is 2.17. The predicted octanol–water partition coefficient (Wildman–Crippen LogP) is 1.77. The van der Waals surface area contributed by atoms with E-state index < -0.39 is 0 Å². The van der Waals surface area contributed by atoms with E-state index in [0.717, 1.165) is 23.2 Å². The first-order valence-corrected chi connectivity index (χ1v) is 6.41. The Hall–Kier alpha value is -0.910. The molecule has 92 valence electrons. The Bertz CT molecular complexity index is 392. The summed E-state index contributed by atoms with van der Waals surface area (Å²) < 4.78 is 6.37. The zero-order valence-corrected chi connectivity index (χ0v) is 11.0. The molecule has 0 radical (unpaired) electrons. The van der Waals surface area contributed by atoms with Crippen molar-refractivity contribution >= 4 is 27.5 Å². The number of benzene rings is 1. The van der Waals surface area contributed by atoms with Crippen LogP contribution in [0.4, 0.5) is 5.69 Å². The minimum atomic E-state index is -0.0226. The number of rotatable bonds is 3. The minimum Gasteiger partial charge on any atom is -0.375 e. The molecular weight excluding hydrogens is 284 g/mol. The molecule has 1 fully saturated rings. The number of halogens is 1. The second-order valence-corrected chi connectivity index (χ2v) is 4.78. The molecule has 1 aromatic rings. The highest BCUT2D eigenvalue weighted by molar-refractivity contribution is 9.10. The van der Waals surface area contributed by atoms with Crippen LogP contribution >= 0.6 is 15.9 Å². The van der Waals surface area contributed by atoms with Crippen LogP contribution in [0.25, 0.3) is 0 Å². The molecular formula is C12H15BrN2O2. The molecule has 1 atom stereocenters. The van der Waals surface area contributed by atoms with E-state index in [4.69, 9.17) is 4.74 Å². The molecule has 1 unspecified atom stereocenters. The van der Waals surface area contributed by atoms with E-state index in [2.05, 4.69) is 26.6 Å². The van der Waals surface area contributed by atoms with Gasteiger partial charge in [0.1, 0.15) is 0 Å². The van der Waals surface area contributed by atoms with Crippen molar-refractivity contribution in [3.05, 3.63) is 28.7 Å². The summed E-state index contributed by atoms with van der Waals surface area (Å²) in [5.41, 5.74) is 0.793. The van der Waals surface area contributed by atoms with E-state index >= 15 is 0 Å². The molecule has 2 N–H and O–H groups in total. The molecule has 0 aromatic heterocycles. The zero-order chi connectivity index (χ0) is 12.1. The molecule has 1 saturated heterocycles.